The number of carbonyl (C=O) groups is 1. The minimum Gasteiger partial charge on any atom is -0.447 e. The summed E-state index contributed by atoms with van der Waals surface area (Å²) in [7, 11) is 0. The van der Waals surface area contributed by atoms with Gasteiger partial charge >= 0.3 is 6.09 Å². The lowest BCUT2D eigenvalue weighted by Gasteiger charge is -2.07. The summed E-state index contributed by atoms with van der Waals surface area (Å²) in [6.45, 7) is -0.217. The van der Waals surface area contributed by atoms with Crippen LogP contribution in [0.3, 0.4) is 0 Å². The quantitative estimate of drug-likeness (QED) is 0.846. The van der Waals surface area contributed by atoms with E-state index in [1.807, 2.05) is 24.3 Å². The molecule has 0 aliphatic rings. The van der Waals surface area contributed by atoms with Crippen LogP contribution in [-0.4, -0.2) is 29.4 Å². The van der Waals surface area contributed by atoms with Gasteiger partial charge in [-0.1, -0.05) is 18.2 Å². The summed E-state index contributed by atoms with van der Waals surface area (Å²) in [6.07, 6.45) is 1.06. The van der Waals surface area contributed by atoms with Crippen LogP contribution in [0.1, 0.15) is 0 Å². The number of anilines is 1. The number of para-hydroxylation sites is 1. The third-order valence-corrected chi connectivity index (χ3v) is 2.19. The lowest BCUT2D eigenvalue weighted by molar-refractivity contribution is 0.131. The second-order valence-corrected chi connectivity index (χ2v) is 3.37. The number of hydrogen-bond acceptors (Lipinski definition) is 4. The third-order valence-electron chi connectivity index (χ3n) is 2.19. The zero-order valence-corrected chi connectivity index (χ0v) is 9.09. The maximum absolute atomic E-state index is 11.3. The Hall–Kier alpha value is -2.14. The van der Waals surface area contributed by atoms with E-state index in [1.54, 1.807) is 12.3 Å². The Morgan fingerprint density at radius 3 is 3.00 bits per heavy atom. The number of nitrogens with one attached hydrogen (secondary N) is 1. The SMILES string of the molecule is O=C(Nc1cccc2cccnc12)OCCO. The molecule has 0 saturated heterocycles. The fourth-order valence-electron chi connectivity index (χ4n) is 1.49. The van der Waals surface area contributed by atoms with Crippen LogP contribution in [0.15, 0.2) is 36.5 Å². The highest BCUT2D eigenvalue weighted by molar-refractivity contribution is 5.97. The predicted molar refractivity (Wildman–Crippen MR) is 63.8 cm³/mol. The molecular weight excluding hydrogens is 220 g/mol. The van der Waals surface area contributed by atoms with E-state index in [1.165, 1.54) is 0 Å². The van der Waals surface area contributed by atoms with Crippen LogP contribution in [0.2, 0.25) is 0 Å². The van der Waals surface area contributed by atoms with Gasteiger partial charge in [-0.15, -0.1) is 0 Å². The predicted octanol–water partition coefficient (Wildman–Crippen LogP) is 1.78. The van der Waals surface area contributed by atoms with Crippen LogP contribution < -0.4 is 5.32 Å². The van der Waals surface area contributed by atoms with E-state index >= 15 is 0 Å². The van der Waals surface area contributed by atoms with Gasteiger partial charge < -0.3 is 9.84 Å². The summed E-state index contributed by atoms with van der Waals surface area (Å²) in [4.78, 5) is 15.5. The molecule has 0 bridgehead atoms. The number of aliphatic hydroxyl groups is 1. The Kier molecular flexibility index (Phi) is 3.52. The van der Waals surface area contributed by atoms with E-state index in [4.69, 9.17) is 9.84 Å². The molecule has 0 aliphatic carbocycles. The number of carbonyl (C=O) groups excluding carboxylic acids is 1. The lowest BCUT2D eigenvalue weighted by Crippen LogP contribution is -2.16. The highest BCUT2D eigenvalue weighted by Gasteiger charge is 2.06. The first kappa shape index (κ1) is 11.3. The molecule has 0 unspecified atom stereocenters. The van der Waals surface area contributed by atoms with Crippen molar-refractivity contribution in [3.8, 4) is 0 Å². The first-order valence-corrected chi connectivity index (χ1v) is 5.19. The normalized spacial score (nSPS) is 10.2. The van der Waals surface area contributed by atoms with Crippen molar-refractivity contribution in [3.63, 3.8) is 0 Å². The summed E-state index contributed by atoms with van der Waals surface area (Å²) in [5.41, 5.74) is 1.29. The topological polar surface area (TPSA) is 71.5 Å². The summed E-state index contributed by atoms with van der Waals surface area (Å²) in [5, 5.41) is 12.1. The molecule has 0 radical (unpaired) electrons. The summed E-state index contributed by atoms with van der Waals surface area (Å²) in [5.74, 6) is 0. The van der Waals surface area contributed by atoms with Crippen molar-refractivity contribution in [1.82, 2.24) is 4.98 Å². The van der Waals surface area contributed by atoms with Crippen LogP contribution in [0, 0.1) is 0 Å². The number of hydrogen-bond donors (Lipinski definition) is 2. The van der Waals surface area contributed by atoms with Crippen LogP contribution in [0.25, 0.3) is 10.9 Å². The lowest BCUT2D eigenvalue weighted by atomic mass is 10.2. The molecule has 1 aromatic heterocycles. The highest BCUT2D eigenvalue weighted by Crippen LogP contribution is 2.20. The molecule has 1 amide bonds. The Morgan fingerprint density at radius 1 is 1.35 bits per heavy atom. The smallest absolute Gasteiger partial charge is 0.411 e. The second kappa shape index (κ2) is 5.27. The number of amides is 1. The zero-order valence-electron chi connectivity index (χ0n) is 9.09. The van der Waals surface area contributed by atoms with Gasteiger partial charge in [0, 0.05) is 11.6 Å². The fourth-order valence-corrected chi connectivity index (χ4v) is 1.49. The highest BCUT2D eigenvalue weighted by atomic mass is 16.6. The van der Waals surface area contributed by atoms with Crippen molar-refractivity contribution in [2.75, 3.05) is 18.5 Å². The number of ether oxygens (including phenoxy) is 1. The first-order chi connectivity index (χ1) is 8.31. The molecule has 0 spiro atoms. The largest absolute Gasteiger partial charge is 0.447 e. The van der Waals surface area contributed by atoms with Gasteiger partial charge in [0.05, 0.1) is 17.8 Å². The van der Waals surface area contributed by atoms with E-state index in [-0.39, 0.29) is 13.2 Å². The van der Waals surface area contributed by atoms with Gasteiger partial charge in [-0.05, 0) is 12.1 Å². The standard InChI is InChI=1S/C12H12N2O3/c15-7-8-17-12(16)14-10-5-1-3-9-4-2-6-13-11(9)10/h1-6,15H,7-8H2,(H,14,16). The second-order valence-electron chi connectivity index (χ2n) is 3.37. The summed E-state index contributed by atoms with van der Waals surface area (Å²) >= 11 is 0. The monoisotopic (exact) mass is 232 g/mol. The number of fused-ring (bicyclic) bond motifs is 1. The van der Waals surface area contributed by atoms with Crippen LogP contribution in [0.5, 0.6) is 0 Å². The van der Waals surface area contributed by atoms with Crippen LogP contribution in [-0.2, 0) is 4.74 Å². The Balaban J connectivity index is 2.21. The molecule has 2 N–H and O–H groups in total. The van der Waals surface area contributed by atoms with Crippen molar-refractivity contribution in [2.24, 2.45) is 0 Å². The minimum absolute atomic E-state index is 0.0238. The molecule has 5 nitrogen and oxygen atoms in total. The molecule has 17 heavy (non-hydrogen) atoms. The molecule has 0 saturated carbocycles. The van der Waals surface area contributed by atoms with Crippen LogP contribution in [0.4, 0.5) is 10.5 Å². The van der Waals surface area contributed by atoms with Crippen LogP contribution >= 0.6 is 0 Å². The van der Waals surface area contributed by atoms with Crippen molar-refractivity contribution in [2.45, 2.75) is 0 Å². The van der Waals surface area contributed by atoms with E-state index in [0.717, 1.165) is 5.39 Å². The van der Waals surface area contributed by atoms with Crippen molar-refractivity contribution >= 4 is 22.7 Å². The maximum atomic E-state index is 11.3. The number of benzene rings is 1. The van der Waals surface area contributed by atoms with E-state index in [0.29, 0.717) is 11.2 Å². The Bertz CT molecular complexity index is 523. The average molecular weight is 232 g/mol. The number of rotatable bonds is 3. The number of aromatic nitrogens is 1. The fraction of sp³-hybridized carbons (Fsp3) is 0.167. The van der Waals surface area contributed by atoms with Gasteiger partial charge in [-0.2, -0.15) is 0 Å². The molecule has 5 heteroatoms. The number of nitrogens with zero attached hydrogens (tertiary/aromatic N) is 1. The molecule has 1 aromatic carbocycles. The first-order valence-electron chi connectivity index (χ1n) is 5.19. The molecular formula is C12H12N2O3. The third kappa shape index (κ3) is 2.70. The van der Waals surface area contributed by atoms with Gasteiger partial charge in [0.25, 0.3) is 0 Å². The van der Waals surface area contributed by atoms with Gasteiger partial charge in [0.2, 0.25) is 0 Å². The number of pyridine rings is 1. The van der Waals surface area contributed by atoms with Gasteiger partial charge in [0.15, 0.2) is 0 Å². The molecule has 2 rings (SSSR count). The summed E-state index contributed by atoms with van der Waals surface area (Å²) in [6, 6.07) is 9.22. The van der Waals surface area contributed by atoms with Crippen molar-refractivity contribution < 1.29 is 14.6 Å². The van der Waals surface area contributed by atoms with E-state index < -0.39 is 6.09 Å². The Morgan fingerprint density at radius 2 is 2.18 bits per heavy atom. The molecule has 1 heterocycles. The molecule has 0 fully saturated rings. The minimum atomic E-state index is -0.600. The van der Waals surface area contributed by atoms with E-state index in [2.05, 4.69) is 10.3 Å². The van der Waals surface area contributed by atoms with Crippen molar-refractivity contribution in [3.05, 3.63) is 36.5 Å². The molecule has 0 aliphatic heterocycles. The van der Waals surface area contributed by atoms with Gasteiger partial charge in [0.1, 0.15) is 6.61 Å². The number of aliphatic hydroxyl groups excluding tert-OH is 1. The summed E-state index contributed by atoms with van der Waals surface area (Å²) < 4.78 is 4.72. The Labute approximate surface area is 98.0 Å². The van der Waals surface area contributed by atoms with Gasteiger partial charge in [-0.25, -0.2) is 4.79 Å². The average Bonchev–Trinajstić information content (AvgIpc) is 2.37. The molecule has 88 valence electrons. The van der Waals surface area contributed by atoms with Crippen molar-refractivity contribution in [1.29, 1.82) is 0 Å². The maximum Gasteiger partial charge on any atom is 0.411 e. The molecule has 2 aromatic rings. The zero-order chi connectivity index (χ0) is 12.1. The van der Waals surface area contributed by atoms with Gasteiger partial charge in [-0.3, -0.25) is 10.3 Å². The molecule has 0 atom stereocenters. The van der Waals surface area contributed by atoms with E-state index in [9.17, 15) is 4.79 Å².